The molecule has 7 nitrogen and oxygen atoms in total. The molecule has 0 unspecified atom stereocenters. The monoisotopic (exact) mass is 997 g/mol. The molecule has 1 aliphatic heterocycles. The van der Waals surface area contributed by atoms with Crippen LogP contribution in [-0.4, -0.2) is 42.8 Å². The second-order valence-corrected chi connectivity index (χ2v) is 20.5. The Bertz CT molecular complexity index is 4230. The van der Waals surface area contributed by atoms with Crippen LogP contribution in [0.1, 0.15) is 35.1 Å². The maximum atomic E-state index is 6.12. The van der Waals surface area contributed by atoms with Crippen LogP contribution in [0.3, 0.4) is 0 Å². The van der Waals surface area contributed by atoms with Gasteiger partial charge < -0.3 is 13.9 Å². The van der Waals surface area contributed by atoms with Gasteiger partial charge in [-0.15, -0.1) is 0 Å². The number of hydrogen-bond acceptors (Lipinski definition) is 6. The van der Waals surface area contributed by atoms with E-state index in [-0.39, 0.29) is 25.7 Å². The molecule has 0 bridgehead atoms. The molecule has 1 saturated heterocycles. The predicted molar refractivity (Wildman–Crippen MR) is 321 cm³/mol. The average molecular weight is 998 g/mol. The number of nitrogens with zero attached hydrogens (tertiary/aromatic N) is 5. The molecule has 4 aromatic heterocycles. The van der Waals surface area contributed by atoms with Crippen molar-refractivity contribution in [3.05, 3.63) is 243 Å². The van der Waals surface area contributed by atoms with Gasteiger partial charge in [0.05, 0.1) is 44.8 Å². The minimum Gasteiger partial charge on any atom is -0.399 e. The summed E-state index contributed by atoms with van der Waals surface area (Å²) >= 11 is 0. The molecule has 8 heteroatoms. The van der Waals surface area contributed by atoms with Crippen molar-refractivity contribution in [1.82, 2.24) is 24.5 Å². The lowest BCUT2D eigenvalue weighted by atomic mass is 9.78. The van der Waals surface area contributed by atoms with Gasteiger partial charge in [-0.1, -0.05) is 189 Å². The van der Waals surface area contributed by atoms with Gasteiger partial charge in [0.15, 0.2) is 5.82 Å². The molecule has 1 aliphatic rings. The zero-order valence-electron chi connectivity index (χ0n) is 42.7. The van der Waals surface area contributed by atoms with Gasteiger partial charge in [0.25, 0.3) is 0 Å². The number of para-hydroxylation sites is 3. The summed E-state index contributed by atoms with van der Waals surface area (Å²) in [6, 6.07) is 80.5. The summed E-state index contributed by atoms with van der Waals surface area (Å²) in [5, 5.41) is 8.29. The summed E-state index contributed by atoms with van der Waals surface area (Å²) in [7, 11) is -0.325. The SMILES string of the molecule is C.CC1(C)OB(c2ccc(-c3cnc4ccccc4c3)cc2)OC1(C)C.c1ccc2cc(-c3ccc(-c4nc(-c5ccc(-n6c7ccccc7c7ccccc76)cc5)cc(-c5cccc6ccccc56)n4)cc3)ncc2c1. The smallest absolute Gasteiger partial charge is 0.399 e. The van der Waals surface area contributed by atoms with Gasteiger partial charge >= 0.3 is 7.12 Å². The molecule has 0 spiro atoms. The highest BCUT2D eigenvalue weighted by Crippen LogP contribution is 2.38. The summed E-state index contributed by atoms with van der Waals surface area (Å²) < 4.78 is 14.6. The van der Waals surface area contributed by atoms with Crippen LogP contribution in [-0.2, 0) is 9.31 Å². The molecule has 372 valence electrons. The average Bonchev–Trinajstić information content (AvgIpc) is 4.00. The van der Waals surface area contributed by atoms with Gasteiger partial charge in [0.2, 0.25) is 0 Å². The lowest BCUT2D eigenvalue weighted by Crippen LogP contribution is -2.41. The molecule has 13 aromatic rings. The van der Waals surface area contributed by atoms with E-state index in [1.807, 2.05) is 36.7 Å². The maximum Gasteiger partial charge on any atom is 0.494 e. The highest BCUT2D eigenvalue weighted by Gasteiger charge is 2.51. The van der Waals surface area contributed by atoms with Crippen molar-refractivity contribution in [2.45, 2.75) is 46.3 Å². The van der Waals surface area contributed by atoms with Crippen LogP contribution < -0.4 is 5.46 Å². The van der Waals surface area contributed by atoms with Gasteiger partial charge in [-0.2, -0.15) is 0 Å². The van der Waals surface area contributed by atoms with E-state index in [1.165, 1.54) is 32.6 Å². The molecule has 14 rings (SSSR count). The topological polar surface area (TPSA) is 75.0 Å². The summed E-state index contributed by atoms with van der Waals surface area (Å²) in [4.78, 5) is 19.7. The highest BCUT2D eigenvalue weighted by molar-refractivity contribution is 6.62. The van der Waals surface area contributed by atoms with E-state index in [4.69, 9.17) is 24.3 Å². The van der Waals surface area contributed by atoms with Crippen molar-refractivity contribution in [3.63, 3.8) is 0 Å². The first-order valence-electron chi connectivity index (χ1n) is 25.9. The van der Waals surface area contributed by atoms with Gasteiger partial charge in [-0.3, -0.25) is 9.97 Å². The van der Waals surface area contributed by atoms with Gasteiger partial charge in [0.1, 0.15) is 0 Å². The normalized spacial score (nSPS) is 13.7. The fourth-order valence-electron chi connectivity index (χ4n) is 10.4. The van der Waals surface area contributed by atoms with E-state index >= 15 is 0 Å². The Hall–Kier alpha value is -9.08. The zero-order valence-corrected chi connectivity index (χ0v) is 42.7. The number of benzene rings is 9. The van der Waals surface area contributed by atoms with E-state index in [0.29, 0.717) is 5.82 Å². The molecule has 5 heterocycles. The van der Waals surface area contributed by atoms with Crippen molar-refractivity contribution in [2.75, 3.05) is 0 Å². The van der Waals surface area contributed by atoms with Crippen LogP contribution >= 0.6 is 0 Å². The third-order valence-corrected chi connectivity index (χ3v) is 15.2. The second kappa shape index (κ2) is 19.9. The van der Waals surface area contributed by atoms with Crippen molar-refractivity contribution < 1.29 is 9.31 Å². The van der Waals surface area contributed by atoms with Crippen molar-refractivity contribution >= 4 is 66.8 Å². The largest absolute Gasteiger partial charge is 0.494 e. The van der Waals surface area contributed by atoms with Crippen molar-refractivity contribution in [1.29, 1.82) is 0 Å². The molecule has 9 aromatic carbocycles. The Balaban J connectivity index is 0.000000193. The fourth-order valence-corrected chi connectivity index (χ4v) is 10.4. The quantitative estimate of drug-likeness (QED) is 0.148. The number of aromatic nitrogens is 5. The van der Waals surface area contributed by atoms with Crippen molar-refractivity contribution in [2.24, 2.45) is 0 Å². The van der Waals surface area contributed by atoms with Crippen LogP contribution in [0.4, 0.5) is 0 Å². The van der Waals surface area contributed by atoms with Crippen LogP contribution in [0.15, 0.2) is 243 Å². The summed E-state index contributed by atoms with van der Waals surface area (Å²) in [5.74, 6) is 0.680. The molecule has 77 heavy (non-hydrogen) atoms. The molecular weight excluding hydrogens is 942 g/mol. The number of rotatable bonds is 7. The first kappa shape index (κ1) is 48.8. The van der Waals surface area contributed by atoms with Crippen LogP contribution in [0.5, 0.6) is 0 Å². The Kier molecular flexibility index (Phi) is 12.6. The maximum absolute atomic E-state index is 6.12. The zero-order chi connectivity index (χ0) is 51.4. The number of pyridine rings is 2. The lowest BCUT2D eigenvalue weighted by molar-refractivity contribution is 0.00578. The Morgan fingerprint density at radius 1 is 0.390 bits per heavy atom. The van der Waals surface area contributed by atoms with Gasteiger partial charge in [-0.25, -0.2) is 9.97 Å². The van der Waals surface area contributed by atoms with Crippen LogP contribution in [0, 0.1) is 0 Å². The molecule has 0 radical (unpaired) electrons. The Labute approximate surface area is 449 Å². The first-order chi connectivity index (χ1) is 37.1. The first-order valence-corrected chi connectivity index (χ1v) is 25.9. The molecule has 1 fully saturated rings. The second-order valence-electron chi connectivity index (χ2n) is 20.5. The number of fused-ring (bicyclic) bond motifs is 6. The van der Waals surface area contributed by atoms with E-state index in [9.17, 15) is 0 Å². The molecule has 0 saturated carbocycles. The van der Waals surface area contributed by atoms with E-state index in [0.717, 1.165) is 83.3 Å². The van der Waals surface area contributed by atoms with E-state index < -0.39 is 0 Å². The number of hydrogen-bond donors (Lipinski definition) is 0. The van der Waals surface area contributed by atoms with Gasteiger partial charge in [0, 0.05) is 67.4 Å². The standard InChI is InChI=1S/C47H30N4.C21H22BNO2.CH4/c1-2-12-36-30-48-42(28-35(36)11-1)32-20-22-34(23-21-32)47-49-43(29-44(50-47)39-17-9-13-31-10-3-4-14-38(31)39)33-24-26-37(27-25-33)51-45-18-7-5-15-40(45)41-16-6-8-19-46(41)51;1-20(2)21(3,4)25-22(24-20)18-11-9-15(10-12-18)17-13-16-7-5-6-8-19(16)23-14-17;/h1-30H;5-14H,1-4H3;1H4. The minimum atomic E-state index is -0.325. The predicted octanol–water partition coefficient (Wildman–Crippen LogP) is 16.8. The lowest BCUT2D eigenvalue weighted by Gasteiger charge is -2.32. The molecule has 0 atom stereocenters. The van der Waals surface area contributed by atoms with Crippen LogP contribution in [0.2, 0.25) is 0 Å². The Morgan fingerprint density at radius 3 is 1.62 bits per heavy atom. The summed E-state index contributed by atoms with van der Waals surface area (Å²) in [6.07, 6.45) is 3.86. The van der Waals surface area contributed by atoms with E-state index in [2.05, 4.69) is 244 Å². The van der Waals surface area contributed by atoms with Crippen molar-refractivity contribution in [3.8, 4) is 62.0 Å². The van der Waals surface area contributed by atoms with E-state index in [1.54, 1.807) is 0 Å². The molecular formula is C69H56BN5O2. The Morgan fingerprint density at radius 2 is 0.922 bits per heavy atom. The summed E-state index contributed by atoms with van der Waals surface area (Å²) in [5.41, 5.74) is 14.0. The summed E-state index contributed by atoms with van der Waals surface area (Å²) in [6.45, 7) is 8.29. The highest BCUT2D eigenvalue weighted by atomic mass is 16.7. The fraction of sp³-hybridized carbons (Fsp3) is 0.101. The molecule has 0 N–H and O–H groups in total. The van der Waals surface area contributed by atoms with Crippen LogP contribution in [0.25, 0.3) is 116 Å². The molecule has 0 aliphatic carbocycles. The third-order valence-electron chi connectivity index (χ3n) is 15.2. The minimum absolute atomic E-state index is 0. The van der Waals surface area contributed by atoms with Gasteiger partial charge in [-0.05, 0) is 103 Å². The molecule has 0 amide bonds. The third kappa shape index (κ3) is 9.22.